The van der Waals surface area contributed by atoms with Gasteiger partial charge in [-0.1, -0.05) is 24.3 Å². The smallest absolute Gasteiger partial charge is 0.251 e. The van der Waals surface area contributed by atoms with Gasteiger partial charge in [0.15, 0.2) is 11.5 Å². The van der Waals surface area contributed by atoms with Crippen LogP contribution in [0.4, 0.5) is 0 Å². The van der Waals surface area contributed by atoms with E-state index in [4.69, 9.17) is 23.9 Å². The van der Waals surface area contributed by atoms with Crippen LogP contribution in [-0.2, 0) is 13.0 Å². The zero-order valence-electron chi connectivity index (χ0n) is 20.3. The Morgan fingerprint density at radius 2 is 1.57 bits per heavy atom. The van der Waals surface area contributed by atoms with Crippen molar-refractivity contribution in [1.82, 2.24) is 14.9 Å². The molecule has 0 fully saturated rings. The maximum atomic E-state index is 12.9. The molecule has 0 saturated heterocycles. The number of amides is 1. The third kappa shape index (κ3) is 5.16. The van der Waals surface area contributed by atoms with Gasteiger partial charge in [-0.2, -0.15) is 0 Å². The summed E-state index contributed by atoms with van der Waals surface area (Å²) in [5.41, 5.74) is 3.53. The SMILES string of the molecule is COc1ccc(Cn2c(CCNC(=O)c3cc(OC)c(OC)c(OC)c3)nc3ccccc32)cc1. The zero-order valence-corrected chi connectivity index (χ0v) is 20.3. The van der Waals surface area contributed by atoms with Gasteiger partial charge in [-0.3, -0.25) is 4.79 Å². The summed E-state index contributed by atoms with van der Waals surface area (Å²) < 4.78 is 23.5. The summed E-state index contributed by atoms with van der Waals surface area (Å²) in [7, 11) is 6.22. The average molecular weight is 476 g/mol. The minimum atomic E-state index is -0.234. The van der Waals surface area contributed by atoms with Crippen molar-refractivity contribution in [2.45, 2.75) is 13.0 Å². The van der Waals surface area contributed by atoms with Crippen LogP contribution < -0.4 is 24.3 Å². The second-order valence-corrected chi connectivity index (χ2v) is 7.87. The summed E-state index contributed by atoms with van der Waals surface area (Å²) >= 11 is 0. The van der Waals surface area contributed by atoms with Crippen molar-refractivity contribution < 1.29 is 23.7 Å². The number of ether oxygens (including phenoxy) is 4. The fourth-order valence-corrected chi connectivity index (χ4v) is 4.01. The van der Waals surface area contributed by atoms with E-state index in [9.17, 15) is 4.79 Å². The van der Waals surface area contributed by atoms with Crippen LogP contribution in [0.15, 0.2) is 60.7 Å². The maximum absolute atomic E-state index is 12.9. The minimum absolute atomic E-state index is 0.234. The molecule has 0 aliphatic rings. The van der Waals surface area contributed by atoms with Crippen molar-refractivity contribution in [3.05, 3.63) is 77.6 Å². The van der Waals surface area contributed by atoms with Gasteiger partial charge < -0.3 is 28.8 Å². The molecule has 0 aliphatic carbocycles. The van der Waals surface area contributed by atoms with E-state index in [1.165, 1.54) is 21.3 Å². The van der Waals surface area contributed by atoms with Crippen molar-refractivity contribution in [3.63, 3.8) is 0 Å². The largest absolute Gasteiger partial charge is 0.497 e. The highest BCUT2D eigenvalue weighted by molar-refractivity contribution is 5.95. The number of methoxy groups -OCH3 is 4. The Hall–Kier alpha value is -4.20. The van der Waals surface area contributed by atoms with Crippen molar-refractivity contribution in [1.29, 1.82) is 0 Å². The molecule has 4 aromatic rings. The summed E-state index contributed by atoms with van der Waals surface area (Å²) in [4.78, 5) is 17.7. The number of aromatic nitrogens is 2. The molecule has 0 bridgehead atoms. The van der Waals surface area contributed by atoms with E-state index in [0.29, 0.717) is 42.3 Å². The van der Waals surface area contributed by atoms with E-state index in [0.717, 1.165) is 28.2 Å². The van der Waals surface area contributed by atoms with Gasteiger partial charge >= 0.3 is 0 Å². The first-order valence-corrected chi connectivity index (χ1v) is 11.2. The lowest BCUT2D eigenvalue weighted by Crippen LogP contribution is -2.26. The normalized spacial score (nSPS) is 10.7. The lowest BCUT2D eigenvalue weighted by atomic mass is 10.1. The number of fused-ring (bicyclic) bond motifs is 1. The summed E-state index contributed by atoms with van der Waals surface area (Å²) in [6, 6.07) is 19.3. The van der Waals surface area contributed by atoms with Gasteiger partial charge in [0.2, 0.25) is 5.75 Å². The van der Waals surface area contributed by atoms with Gasteiger partial charge in [0.1, 0.15) is 11.6 Å². The molecule has 0 spiro atoms. The van der Waals surface area contributed by atoms with Crippen molar-refractivity contribution in [3.8, 4) is 23.0 Å². The Morgan fingerprint density at radius 3 is 2.20 bits per heavy atom. The molecule has 0 atom stereocenters. The van der Waals surface area contributed by atoms with Crippen molar-refractivity contribution in [2.24, 2.45) is 0 Å². The van der Waals surface area contributed by atoms with Gasteiger partial charge in [-0.05, 0) is 42.0 Å². The number of hydrogen-bond donors (Lipinski definition) is 1. The van der Waals surface area contributed by atoms with E-state index in [-0.39, 0.29) is 5.91 Å². The number of carbonyl (C=O) groups excluding carboxylic acids is 1. The molecule has 3 aromatic carbocycles. The molecule has 1 N–H and O–H groups in total. The van der Waals surface area contributed by atoms with Gasteiger partial charge in [0.05, 0.1) is 39.5 Å². The molecular weight excluding hydrogens is 446 g/mol. The molecule has 1 heterocycles. The van der Waals surface area contributed by atoms with Crippen molar-refractivity contribution in [2.75, 3.05) is 35.0 Å². The monoisotopic (exact) mass is 475 g/mol. The quantitative estimate of drug-likeness (QED) is 0.372. The van der Waals surface area contributed by atoms with Gasteiger partial charge in [-0.25, -0.2) is 4.98 Å². The molecule has 0 radical (unpaired) electrons. The number of benzene rings is 3. The summed E-state index contributed by atoms with van der Waals surface area (Å²) in [6.45, 7) is 1.09. The van der Waals surface area contributed by atoms with Gasteiger partial charge in [-0.15, -0.1) is 0 Å². The fraction of sp³-hybridized carbons (Fsp3) is 0.259. The third-order valence-corrected chi connectivity index (χ3v) is 5.79. The number of para-hydroxylation sites is 2. The lowest BCUT2D eigenvalue weighted by Gasteiger charge is -2.14. The number of nitrogens with zero attached hydrogens (tertiary/aromatic N) is 2. The van der Waals surface area contributed by atoms with E-state index < -0.39 is 0 Å². The van der Waals surface area contributed by atoms with Crippen molar-refractivity contribution >= 4 is 16.9 Å². The van der Waals surface area contributed by atoms with Crippen LogP contribution >= 0.6 is 0 Å². The highest BCUT2D eigenvalue weighted by Gasteiger charge is 2.17. The second-order valence-electron chi connectivity index (χ2n) is 7.87. The molecule has 8 heteroatoms. The molecule has 182 valence electrons. The fourth-order valence-electron chi connectivity index (χ4n) is 4.01. The highest BCUT2D eigenvalue weighted by atomic mass is 16.5. The van der Waals surface area contributed by atoms with Crippen LogP contribution in [0.25, 0.3) is 11.0 Å². The Kier molecular flexibility index (Phi) is 7.40. The summed E-state index contributed by atoms with van der Waals surface area (Å²) in [6.07, 6.45) is 0.570. The van der Waals surface area contributed by atoms with Crippen LogP contribution in [-0.4, -0.2) is 50.4 Å². The van der Waals surface area contributed by atoms with Crippen LogP contribution in [0.1, 0.15) is 21.7 Å². The van der Waals surface area contributed by atoms with Crippen LogP contribution in [0.5, 0.6) is 23.0 Å². The zero-order chi connectivity index (χ0) is 24.8. The number of hydrogen-bond acceptors (Lipinski definition) is 6. The highest BCUT2D eigenvalue weighted by Crippen LogP contribution is 2.38. The minimum Gasteiger partial charge on any atom is -0.497 e. The molecule has 1 amide bonds. The van der Waals surface area contributed by atoms with E-state index >= 15 is 0 Å². The molecule has 0 saturated carbocycles. The van der Waals surface area contributed by atoms with E-state index in [2.05, 4.69) is 16.0 Å². The number of rotatable bonds is 10. The molecule has 4 rings (SSSR count). The predicted molar refractivity (Wildman–Crippen MR) is 134 cm³/mol. The lowest BCUT2D eigenvalue weighted by molar-refractivity contribution is 0.0953. The number of carbonyl (C=O) groups is 1. The first-order valence-electron chi connectivity index (χ1n) is 11.2. The molecule has 0 unspecified atom stereocenters. The molecule has 1 aromatic heterocycles. The van der Waals surface area contributed by atoms with Gasteiger partial charge in [0, 0.05) is 25.1 Å². The van der Waals surface area contributed by atoms with Crippen LogP contribution in [0.2, 0.25) is 0 Å². The topological polar surface area (TPSA) is 83.8 Å². The summed E-state index contributed by atoms with van der Waals surface area (Å²) in [5.74, 6) is 2.78. The Bertz CT molecular complexity index is 1290. The van der Waals surface area contributed by atoms with Crippen LogP contribution in [0.3, 0.4) is 0 Å². The summed E-state index contributed by atoms with van der Waals surface area (Å²) in [5, 5.41) is 2.98. The molecule has 0 aliphatic heterocycles. The molecule has 35 heavy (non-hydrogen) atoms. The maximum Gasteiger partial charge on any atom is 0.251 e. The van der Waals surface area contributed by atoms with Gasteiger partial charge in [0.25, 0.3) is 5.91 Å². The van der Waals surface area contributed by atoms with Crippen LogP contribution in [0, 0.1) is 0 Å². The third-order valence-electron chi connectivity index (χ3n) is 5.79. The number of nitrogens with one attached hydrogen (secondary N) is 1. The number of imidazole rings is 1. The molecule has 8 nitrogen and oxygen atoms in total. The first kappa shape index (κ1) is 23.9. The first-order chi connectivity index (χ1) is 17.1. The Morgan fingerprint density at radius 1 is 0.886 bits per heavy atom. The Balaban J connectivity index is 1.51. The standard InChI is InChI=1S/C27H29N3O5/c1-32-20-11-9-18(10-12-20)17-30-22-8-6-5-7-21(22)29-25(30)13-14-28-27(31)19-15-23(33-2)26(35-4)24(16-19)34-3/h5-12,15-16H,13-14,17H2,1-4H3,(H,28,31). The Labute approximate surface area is 204 Å². The molecular formula is C27H29N3O5. The average Bonchev–Trinajstić information content (AvgIpc) is 3.25. The predicted octanol–water partition coefficient (Wildman–Crippen LogP) is 4.09. The van der Waals surface area contributed by atoms with E-state index in [1.54, 1.807) is 19.2 Å². The second kappa shape index (κ2) is 10.8. The van der Waals surface area contributed by atoms with E-state index in [1.807, 2.05) is 42.5 Å².